The summed E-state index contributed by atoms with van der Waals surface area (Å²) in [5, 5.41) is 11.9. The minimum Gasteiger partial charge on any atom is -0.506 e. The largest absolute Gasteiger partial charge is 0.506 e. The lowest BCUT2D eigenvalue weighted by molar-refractivity contribution is 0.0770. The molecule has 0 aliphatic rings. The highest BCUT2D eigenvalue weighted by Crippen LogP contribution is 2.29. The molecule has 0 bridgehead atoms. The number of fused-ring (bicyclic) bond motifs is 1. The first kappa shape index (κ1) is 12.4. The Kier molecular flexibility index (Phi) is 3.51. The van der Waals surface area contributed by atoms with Crippen molar-refractivity contribution < 1.29 is 9.90 Å². The standard InChI is InChI=1S/C15H17NO2/c1-3-16(4-2)15(18)13-10-9-11-7-5-6-8-12(11)14(13)17/h5-10,17H,3-4H2,1-2H3. The molecule has 0 aromatic heterocycles. The zero-order valence-corrected chi connectivity index (χ0v) is 10.7. The maximum Gasteiger partial charge on any atom is 0.257 e. The first-order valence-electron chi connectivity index (χ1n) is 6.19. The third-order valence-corrected chi connectivity index (χ3v) is 3.18. The molecule has 0 atom stereocenters. The van der Waals surface area contributed by atoms with E-state index in [9.17, 15) is 9.90 Å². The van der Waals surface area contributed by atoms with E-state index in [2.05, 4.69) is 0 Å². The normalized spacial score (nSPS) is 10.6. The highest BCUT2D eigenvalue weighted by Gasteiger charge is 2.17. The van der Waals surface area contributed by atoms with E-state index in [0.717, 1.165) is 10.8 Å². The van der Waals surface area contributed by atoms with Crippen molar-refractivity contribution in [1.82, 2.24) is 4.90 Å². The average Bonchev–Trinajstić information content (AvgIpc) is 2.40. The Morgan fingerprint density at radius 1 is 1.11 bits per heavy atom. The quantitative estimate of drug-likeness (QED) is 0.900. The van der Waals surface area contributed by atoms with Crippen LogP contribution in [-0.2, 0) is 0 Å². The summed E-state index contributed by atoms with van der Waals surface area (Å²) < 4.78 is 0. The van der Waals surface area contributed by atoms with Crippen molar-refractivity contribution in [2.24, 2.45) is 0 Å². The van der Waals surface area contributed by atoms with E-state index in [-0.39, 0.29) is 11.7 Å². The summed E-state index contributed by atoms with van der Waals surface area (Å²) in [6.45, 7) is 5.14. The van der Waals surface area contributed by atoms with E-state index < -0.39 is 0 Å². The topological polar surface area (TPSA) is 40.5 Å². The van der Waals surface area contributed by atoms with E-state index in [1.54, 1.807) is 11.0 Å². The first-order chi connectivity index (χ1) is 8.69. The second-order valence-electron chi connectivity index (χ2n) is 4.16. The fourth-order valence-electron chi connectivity index (χ4n) is 2.11. The summed E-state index contributed by atoms with van der Waals surface area (Å²) in [4.78, 5) is 13.9. The number of benzene rings is 2. The molecular formula is C15H17NO2. The zero-order valence-electron chi connectivity index (χ0n) is 10.7. The second-order valence-corrected chi connectivity index (χ2v) is 4.16. The summed E-state index contributed by atoms with van der Waals surface area (Å²) in [5.74, 6) is -0.0479. The molecule has 0 aliphatic carbocycles. The highest BCUT2D eigenvalue weighted by atomic mass is 16.3. The molecule has 0 saturated carbocycles. The van der Waals surface area contributed by atoms with Gasteiger partial charge in [-0.05, 0) is 25.3 Å². The van der Waals surface area contributed by atoms with Gasteiger partial charge in [0.15, 0.2) is 0 Å². The van der Waals surface area contributed by atoms with Crippen molar-refractivity contribution >= 4 is 16.7 Å². The second kappa shape index (κ2) is 5.08. The molecule has 0 heterocycles. The molecule has 94 valence electrons. The Morgan fingerprint density at radius 2 is 1.78 bits per heavy atom. The predicted molar refractivity (Wildman–Crippen MR) is 72.9 cm³/mol. The number of carbonyl (C=O) groups excluding carboxylic acids is 1. The molecule has 0 saturated heterocycles. The fraction of sp³-hybridized carbons (Fsp3) is 0.267. The Bertz CT molecular complexity index is 574. The van der Waals surface area contributed by atoms with Gasteiger partial charge in [0.2, 0.25) is 0 Å². The van der Waals surface area contributed by atoms with Crippen LogP contribution in [0, 0.1) is 0 Å². The van der Waals surface area contributed by atoms with Crippen LogP contribution in [0.15, 0.2) is 36.4 Å². The van der Waals surface area contributed by atoms with Gasteiger partial charge in [-0.3, -0.25) is 4.79 Å². The fourth-order valence-corrected chi connectivity index (χ4v) is 2.11. The summed E-state index contributed by atoms with van der Waals surface area (Å²) in [6, 6.07) is 11.1. The number of phenolic OH excluding ortho intramolecular Hbond substituents is 1. The van der Waals surface area contributed by atoms with Gasteiger partial charge in [0, 0.05) is 18.5 Å². The molecule has 1 N–H and O–H groups in total. The van der Waals surface area contributed by atoms with E-state index in [1.807, 2.05) is 44.2 Å². The average molecular weight is 243 g/mol. The predicted octanol–water partition coefficient (Wildman–Crippen LogP) is 3.03. The van der Waals surface area contributed by atoms with Gasteiger partial charge in [-0.1, -0.05) is 30.3 Å². The van der Waals surface area contributed by atoms with Crippen LogP contribution in [-0.4, -0.2) is 29.0 Å². The van der Waals surface area contributed by atoms with Crippen molar-refractivity contribution in [3.8, 4) is 5.75 Å². The van der Waals surface area contributed by atoms with Crippen LogP contribution in [0.3, 0.4) is 0 Å². The van der Waals surface area contributed by atoms with Crippen LogP contribution in [0.4, 0.5) is 0 Å². The van der Waals surface area contributed by atoms with Crippen LogP contribution in [0.25, 0.3) is 10.8 Å². The van der Waals surface area contributed by atoms with Gasteiger partial charge in [0.25, 0.3) is 5.91 Å². The Balaban J connectivity index is 2.52. The maximum atomic E-state index is 12.2. The monoisotopic (exact) mass is 243 g/mol. The van der Waals surface area contributed by atoms with Gasteiger partial charge >= 0.3 is 0 Å². The van der Waals surface area contributed by atoms with Gasteiger partial charge < -0.3 is 10.0 Å². The molecule has 2 rings (SSSR count). The lowest BCUT2D eigenvalue weighted by Crippen LogP contribution is -2.30. The number of rotatable bonds is 3. The van der Waals surface area contributed by atoms with Crippen LogP contribution >= 0.6 is 0 Å². The van der Waals surface area contributed by atoms with E-state index >= 15 is 0 Å². The number of amides is 1. The number of carbonyl (C=O) groups is 1. The smallest absolute Gasteiger partial charge is 0.257 e. The lowest BCUT2D eigenvalue weighted by Gasteiger charge is -2.19. The molecule has 2 aromatic rings. The van der Waals surface area contributed by atoms with Crippen molar-refractivity contribution in [2.45, 2.75) is 13.8 Å². The minimum absolute atomic E-state index is 0.0741. The molecule has 3 heteroatoms. The number of phenols is 1. The Hall–Kier alpha value is -2.03. The molecule has 0 aliphatic heterocycles. The third kappa shape index (κ3) is 2.04. The molecule has 0 unspecified atom stereocenters. The van der Waals surface area contributed by atoms with E-state index in [0.29, 0.717) is 18.7 Å². The molecule has 1 amide bonds. The maximum absolute atomic E-state index is 12.2. The van der Waals surface area contributed by atoms with Gasteiger partial charge in [0.05, 0.1) is 5.56 Å². The van der Waals surface area contributed by atoms with Crippen LogP contribution in [0.2, 0.25) is 0 Å². The van der Waals surface area contributed by atoms with Crippen molar-refractivity contribution in [2.75, 3.05) is 13.1 Å². The Morgan fingerprint density at radius 3 is 2.44 bits per heavy atom. The number of hydrogen-bond acceptors (Lipinski definition) is 2. The van der Waals surface area contributed by atoms with Gasteiger partial charge in [-0.25, -0.2) is 0 Å². The molecular weight excluding hydrogens is 226 g/mol. The van der Waals surface area contributed by atoms with Crippen molar-refractivity contribution in [1.29, 1.82) is 0 Å². The highest BCUT2D eigenvalue weighted by molar-refractivity contribution is 6.03. The van der Waals surface area contributed by atoms with Crippen LogP contribution in [0.5, 0.6) is 5.75 Å². The van der Waals surface area contributed by atoms with Crippen LogP contribution < -0.4 is 0 Å². The van der Waals surface area contributed by atoms with Gasteiger partial charge in [-0.15, -0.1) is 0 Å². The third-order valence-electron chi connectivity index (χ3n) is 3.18. The van der Waals surface area contributed by atoms with Crippen molar-refractivity contribution in [3.63, 3.8) is 0 Å². The van der Waals surface area contributed by atoms with Crippen molar-refractivity contribution in [3.05, 3.63) is 42.0 Å². The summed E-state index contributed by atoms with van der Waals surface area (Å²) in [6.07, 6.45) is 0. The number of aromatic hydroxyl groups is 1. The van der Waals surface area contributed by atoms with Gasteiger partial charge in [-0.2, -0.15) is 0 Å². The molecule has 0 radical (unpaired) electrons. The number of hydrogen-bond donors (Lipinski definition) is 1. The summed E-state index contributed by atoms with van der Waals surface area (Å²) in [5.41, 5.74) is 0.373. The summed E-state index contributed by atoms with van der Waals surface area (Å²) >= 11 is 0. The summed E-state index contributed by atoms with van der Waals surface area (Å²) in [7, 11) is 0. The SMILES string of the molecule is CCN(CC)C(=O)c1ccc2ccccc2c1O. The molecule has 18 heavy (non-hydrogen) atoms. The molecule has 2 aromatic carbocycles. The number of nitrogens with zero attached hydrogens (tertiary/aromatic N) is 1. The minimum atomic E-state index is -0.122. The lowest BCUT2D eigenvalue weighted by atomic mass is 10.0. The van der Waals surface area contributed by atoms with E-state index in [4.69, 9.17) is 0 Å². The van der Waals surface area contributed by atoms with Gasteiger partial charge in [0.1, 0.15) is 5.75 Å². The van der Waals surface area contributed by atoms with E-state index in [1.165, 1.54) is 0 Å². The van der Waals surface area contributed by atoms with Crippen LogP contribution in [0.1, 0.15) is 24.2 Å². The Labute approximate surface area is 107 Å². The first-order valence-corrected chi connectivity index (χ1v) is 6.19. The zero-order chi connectivity index (χ0) is 13.1. The molecule has 0 fully saturated rings. The molecule has 0 spiro atoms. The molecule has 3 nitrogen and oxygen atoms in total.